The number of alkyl halides is 2. The summed E-state index contributed by atoms with van der Waals surface area (Å²) in [6.07, 6.45) is 0. The molecule has 0 radical (unpaired) electrons. The third-order valence-electron chi connectivity index (χ3n) is 2.62. The second-order valence-electron chi connectivity index (χ2n) is 4.12. The SMILES string of the molecule is Fc1cc(F)c(NCc2ccc(OC(F)F)cc2)c(Br)c1. The zero-order chi connectivity index (χ0) is 15.4. The fourth-order valence-electron chi connectivity index (χ4n) is 1.69. The molecule has 2 rings (SSSR count). The first-order chi connectivity index (χ1) is 9.95. The van der Waals surface area contributed by atoms with Crippen molar-refractivity contribution in [1.82, 2.24) is 0 Å². The molecule has 0 spiro atoms. The van der Waals surface area contributed by atoms with Crippen LogP contribution in [0.1, 0.15) is 5.56 Å². The molecule has 0 amide bonds. The maximum atomic E-state index is 13.6. The van der Waals surface area contributed by atoms with Crippen LogP contribution in [0.15, 0.2) is 40.9 Å². The smallest absolute Gasteiger partial charge is 0.387 e. The van der Waals surface area contributed by atoms with Gasteiger partial charge in [-0.1, -0.05) is 12.1 Å². The summed E-state index contributed by atoms with van der Waals surface area (Å²) in [6.45, 7) is -2.63. The zero-order valence-electron chi connectivity index (χ0n) is 10.5. The monoisotopic (exact) mass is 363 g/mol. The lowest BCUT2D eigenvalue weighted by atomic mass is 10.2. The van der Waals surface area contributed by atoms with Crippen LogP contribution < -0.4 is 10.1 Å². The van der Waals surface area contributed by atoms with Crippen molar-refractivity contribution in [2.45, 2.75) is 13.2 Å². The summed E-state index contributed by atoms with van der Waals surface area (Å²) in [4.78, 5) is 0. The van der Waals surface area contributed by atoms with Gasteiger partial charge in [-0.25, -0.2) is 8.78 Å². The van der Waals surface area contributed by atoms with Crippen LogP contribution in [0.5, 0.6) is 5.75 Å². The summed E-state index contributed by atoms with van der Waals surface area (Å²) in [5, 5.41) is 2.81. The highest BCUT2D eigenvalue weighted by Gasteiger charge is 2.09. The number of halogens is 5. The van der Waals surface area contributed by atoms with Gasteiger partial charge in [0.2, 0.25) is 0 Å². The first-order valence-electron chi connectivity index (χ1n) is 5.88. The Labute approximate surface area is 126 Å². The van der Waals surface area contributed by atoms with Crippen LogP contribution in [0, 0.1) is 11.6 Å². The van der Waals surface area contributed by atoms with E-state index >= 15 is 0 Å². The first-order valence-corrected chi connectivity index (χ1v) is 6.67. The fourth-order valence-corrected chi connectivity index (χ4v) is 2.24. The fraction of sp³-hybridized carbons (Fsp3) is 0.143. The third kappa shape index (κ3) is 4.35. The Morgan fingerprint density at radius 3 is 2.33 bits per heavy atom. The van der Waals surface area contributed by atoms with E-state index in [0.29, 0.717) is 0 Å². The number of benzene rings is 2. The second kappa shape index (κ2) is 6.80. The van der Waals surface area contributed by atoms with Crippen LogP contribution in [-0.4, -0.2) is 6.61 Å². The largest absolute Gasteiger partial charge is 0.435 e. The Balaban J connectivity index is 2.03. The van der Waals surface area contributed by atoms with Gasteiger partial charge in [-0.3, -0.25) is 0 Å². The van der Waals surface area contributed by atoms with Gasteiger partial charge in [-0.2, -0.15) is 8.78 Å². The topological polar surface area (TPSA) is 21.3 Å². The van der Waals surface area contributed by atoms with Crippen molar-refractivity contribution in [3.8, 4) is 5.75 Å². The molecule has 0 atom stereocenters. The van der Waals surface area contributed by atoms with Crippen LogP contribution in [0.4, 0.5) is 23.2 Å². The van der Waals surface area contributed by atoms with Crippen LogP contribution in [0.3, 0.4) is 0 Å². The summed E-state index contributed by atoms with van der Waals surface area (Å²) in [5.74, 6) is -1.36. The van der Waals surface area contributed by atoms with Gasteiger partial charge in [0.05, 0.1) is 5.69 Å². The van der Waals surface area contributed by atoms with Gasteiger partial charge in [0, 0.05) is 17.1 Å². The van der Waals surface area contributed by atoms with Crippen molar-refractivity contribution in [1.29, 1.82) is 0 Å². The molecular formula is C14H10BrF4NO. The standard InChI is InChI=1S/C14H10BrF4NO/c15-11-5-9(16)6-12(17)13(11)20-7-8-1-3-10(4-2-8)21-14(18)19/h1-6,14,20H,7H2. The molecule has 0 saturated heterocycles. The Hall–Kier alpha value is -1.76. The van der Waals surface area contributed by atoms with E-state index in [4.69, 9.17) is 0 Å². The molecule has 0 fully saturated rings. The molecule has 21 heavy (non-hydrogen) atoms. The van der Waals surface area contributed by atoms with Gasteiger partial charge in [-0.05, 0) is 39.7 Å². The van der Waals surface area contributed by atoms with Crippen LogP contribution >= 0.6 is 15.9 Å². The van der Waals surface area contributed by atoms with Gasteiger partial charge >= 0.3 is 6.61 Å². The summed E-state index contributed by atoms with van der Waals surface area (Å²) in [5.41, 5.74) is 0.858. The van der Waals surface area contributed by atoms with E-state index < -0.39 is 18.2 Å². The van der Waals surface area contributed by atoms with E-state index in [0.717, 1.165) is 17.7 Å². The minimum Gasteiger partial charge on any atom is -0.435 e. The highest BCUT2D eigenvalue weighted by molar-refractivity contribution is 9.10. The number of ether oxygens (including phenoxy) is 1. The average Bonchev–Trinajstić information content (AvgIpc) is 2.38. The van der Waals surface area contributed by atoms with E-state index in [9.17, 15) is 17.6 Å². The van der Waals surface area contributed by atoms with Crippen molar-refractivity contribution in [3.05, 3.63) is 58.1 Å². The van der Waals surface area contributed by atoms with Crippen LogP contribution in [0.2, 0.25) is 0 Å². The van der Waals surface area contributed by atoms with Gasteiger partial charge in [-0.15, -0.1) is 0 Å². The molecule has 0 heterocycles. The van der Waals surface area contributed by atoms with E-state index in [1.165, 1.54) is 12.1 Å². The normalized spacial score (nSPS) is 10.8. The van der Waals surface area contributed by atoms with Gasteiger partial charge in [0.15, 0.2) is 0 Å². The van der Waals surface area contributed by atoms with Crippen molar-refractivity contribution < 1.29 is 22.3 Å². The lowest BCUT2D eigenvalue weighted by molar-refractivity contribution is -0.0498. The highest BCUT2D eigenvalue weighted by Crippen LogP contribution is 2.27. The summed E-state index contributed by atoms with van der Waals surface area (Å²) >= 11 is 3.06. The molecule has 2 nitrogen and oxygen atoms in total. The highest BCUT2D eigenvalue weighted by atomic mass is 79.9. The number of hydrogen-bond donors (Lipinski definition) is 1. The second-order valence-corrected chi connectivity index (χ2v) is 4.97. The Bertz CT molecular complexity index is 596. The Kier molecular flexibility index (Phi) is 5.06. The number of anilines is 1. The number of hydrogen-bond acceptors (Lipinski definition) is 2. The molecule has 2 aromatic rings. The minimum atomic E-state index is -2.88. The molecule has 0 aliphatic rings. The predicted octanol–water partition coefficient (Wildman–Crippen LogP) is 4.94. The molecular weight excluding hydrogens is 354 g/mol. The Morgan fingerprint density at radius 1 is 1.10 bits per heavy atom. The van der Waals surface area contributed by atoms with E-state index in [-0.39, 0.29) is 22.5 Å². The van der Waals surface area contributed by atoms with Gasteiger partial charge < -0.3 is 10.1 Å². The number of nitrogens with one attached hydrogen (secondary N) is 1. The van der Waals surface area contributed by atoms with Crippen LogP contribution in [0.25, 0.3) is 0 Å². The maximum Gasteiger partial charge on any atom is 0.387 e. The van der Waals surface area contributed by atoms with Crippen molar-refractivity contribution >= 4 is 21.6 Å². The molecule has 0 unspecified atom stereocenters. The van der Waals surface area contributed by atoms with Crippen molar-refractivity contribution in [3.63, 3.8) is 0 Å². The molecule has 0 aromatic heterocycles. The molecule has 0 aliphatic carbocycles. The zero-order valence-corrected chi connectivity index (χ0v) is 12.1. The average molecular weight is 364 g/mol. The van der Waals surface area contributed by atoms with Crippen LogP contribution in [-0.2, 0) is 6.54 Å². The summed E-state index contributed by atoms with van der Waals surface area (Å²) in [7, 11) is 0. The van der Waals surface area contributed by atoms with Gasteiger partial charge in [0.1, 0.15) is 17.4 Å². The minimum absolute atomic E-state index is 0.0443. The maximum absolute atomic E-state index is 13.6. The number of rotatable bonds is 5. The third-order valence-corrected chi connectivity index (χ3v) is 3.25. The molecule has 0 saturated carbocycles. The van der Waals surface area contributed by atoms with Crippen molar-refractivity contribution in [2.24, 2.45) is 0 Å². The predicted molar refractivity (Wildman–Crippen MR) is 74.5 cm³/mol. The lowest BCUT2D eigenvalue weighted by Gasteiger charge is -2.11. The molecule has 0 aliphatic heterocycles. The molecule has 2 aromatic carbocycles. The van der Waals surface area contributed by atoms with E-state index in [1.807, 2.05) is 0 Å². The summed E-state index contributed by atoms with van der Waals surface area (Å²) in [6, 6.07) is 7.83. The summed E-state index contributed by atoms with van der Waals surface area (Å²) < 4.78 is 55.0. The molecule has 112 valence electrons. The molecule has 0 bridgehead atoms. The molecule has 1 N–H and O–H groups in total. The lowest BCUT2D eigenvalue weighted by Crippen LogP contribution is -2.04. The first kappa shape index (κ1) is 15.6. The Morgan fingerprint density at radius 2 is 1.76 bits per heavy atom. The van der Waals surface area contributed by atoms with Crippen molar-refractivity contribution in [2.75, 3.05) is 5.32 Å². The molecule has 7 heteroatoms. The quantitative estimate of drug-likeness (QED) is 0.759. The van der Waals surface area contributed by atoms with E-state index in [1.54, 1.807) is 12.1 Å². The van der Waals surface area contributed by atoms with E-state index in [2.05, 4.69) is 26.0 Å². The van der Waals surface area contributed by atoms with Gasteiger partial charge in [0.25, 0.3) is 0 Å².